The first-order valence-electron chi connectivity index (χ1n) is 8.07. The van der Waals surface area contributed by atoms with Gasteiger partial charge in [0.1, 0.15) is 0 Å². The van der Waals surface area contributed by atoms with E-state index in [1.54, 1.807) is 0 Å². The molecule has 1 spiro atoms. The minimum atomic E-state index is 0.474. The van der Waals surface area contributed by atoms with E-state index < -0.39 is 0 Å². The van der Waals surface area contributed by atoms with E-state index in [9.17, 15) is 0 Å². The van der Waals surface area contributed by atoms with E-state index >= 15 is 0 Å². The molecule has 1 aliphatic heterocycles. The van der Waals surface area contributed by atoms with Gasteiger partial charge >= 0.3 is 0 Å². The van der Waals surface area contributed by atoms with Gasteiger partial charge < -0.3 is 5.32 Å². The number of piperidine rings is 1. The Labute approximate surface area is 128 Å². The van der Waals surface area contributed by atoms with Gasteiger partial charge in [-0.05, 0) is 61.1 Å². The fraction of sp³-hybridized carbons (Fsp3) is 0.667. The second kappa shape index (κ2) is 5.69. The van der Waals surface area contributed by atoms with Crippen molar-refractivity contribution >= 4 is 11.6 Å². The van der Waals surface area contributed by atoms with Crippen LogP contribution in [0.2, 0.25) is 5.02 Å². The Hall–Kier alpha value is -0.530. The molecule has 1 saturated heterocycles. The van der Waals surface area contributed by atoms with Crippen molar-refractivity contribution in [1.29, 1.82) is 0 Å². The van der Waals surface area contributed by atoms with Crippen LogP contribution in [0.25, 0.3) is 0 Å². The molecule has 4 atom stereocenters. The lowest BCUT2D eigenvalue weighted by molar-refractivity contribution is 0.0488. The number of nitrogens with one attached hydrogen (secondary N) is 1. The van der Waals surface area contributed by atoms with Crippen LogP contribution in [-0.4, -0.2) is 13.1 Å². The largest absolute Gasteiger partial charge is 0.316 e. The van der Waals surface area contributed by atoms with Crippen LogP contribution in [0.4, 0.5) is 0 Å². The molecular formula is C18H26ClN. The summed E-state index contributed by atoms with van der Waals surface area (Å²) in [6.07, 6.45) is 5.42. The summed E-state index contributed by atoms with van der Waals surface area (Å²) in [6, 6.07) is 8.47. The average molecular weight is 292 g/mol. The first-order chi connectivity index (χ1) is 9.62. The maximum absolute atomic E-state index is 6.50. The number of rotatable bonds is 1. The quantitative estimate of drug-likeness (QED) is 0.779. The van der Waals surface area contributed by atoms with Crippen LogP contribution in [0.15, 0.2) is 24.3 Å². The maximum Gasteiger partial charge on any atom is 0.0441 e. The van der Waals surface area contributed by atoms with Crippen LogP contribution in [0.5, 0.6) is 0 Å². The molecule has 2 heteroatoms. The third kappa shape index (κ3) is 2.51. The summed E-state index contributed by atoms with van der Waals surface area (Å²) < 4.78 is 0. The van der Waals surface area contributed by atoms with E-state index in [4.69, 9.17) is 11.6 Å². The first kappa shape index (κ1) is 14.4. The molecule has 2 aliphatic rings. The molecule has 0 bridgehead atoms. The number of hydrogen-bond donors (Lipinski definition) is 1. The Kier molecular flexibility index (Phi) is 4.10. The monoisotopic (exact) mass is 291 g/mol. The van der Waals surface area contributed by atoms with Gasteiger partial charge in [0.15, 0.2) is 0 Å². The van der Waals surface area contributed by atoms with Crippen molar-refractivity contribution in [3.05, 3.63) is 34.9 Å². The smallest absolute Gasteiger partial charge is 0.0441 e. The molecule has 0 aromatic heterocycles. The van der Waals surface area contributed by atoms with E-state index in [1.165, 1.54) is 37.8 Å². The zero-order valence-corrected chi connectivity index (χ0v) is 13.4. The maximum atomic E-state index is 6.50. The summed E-state index contributed by atoms with van der Waals surface area (Å²) in [5.41, 5.74) is 1.84. The summed E-state index contributed by atoms with van der Waals surface area (Å²) in [7, 11) is 0. The summed E-state index contributed by atoms with van der Waals surface area (Å²) >= 11 is 6.50. The van der Waals surface area contributed by atoms with Gasteiger partial charge in [-0.2, -0.15) is 0 Å². The van der Waals surface area contributed by atoms with E-state index in [0.717, 1.165) is 23.4 Å². The van der Waals surface area contributed by atoms with Crippen molar-refractivity contribution < 1.29 is 0 Å². The average Bonchev–Trinajstić information content (AvgIpc) is 2.45. The summed E-state index contributed by atoms with van der Waals surface area (Å²) in [4.78, 5) is 0. The zero-order chi connectivity index (χ0) is 14.2. The van der Waals surface area contributed by atoms with Crippen molar-refractivity contribution in [2.24, 2.45) is 17.3 Å². The number of halogens is 1. The lowest BCUT2D eigenvalue weighted by atomic mass is 9.56. The normalized spacial score (nSPS) is 38.0. The van der Waals surface area contributed by atoms with Gasteiger partial charge in [-0.1, -0.05) is 43.6 Å². The molecule has 1 heterocycles. The minimum absolute atomic E-state index is 0.474. The number of hydrogen-bond acceptors (Lipinski definition) is 1. The van der Waals surface area contributed by atoms with Gasteiger partial charge in [-0.3, -0.25) is 0 Å². The summed E-state index contributed by atoms with van der Waals surface area (Å²) in [5.74, 6) is 2.30. The topological polar surface area (TPSA) is 12.0 Å². The molecule has 1 aromatic rings. The first-order valence-corrected chi connectivity index (χ1v) is 8.45. The van der Waals surface area contributed by atoms with E-state index in [1.807, 2.05) is 12.1 Å². The molecule has 1 saturated carbocycles. The predicted octanol–water partition coefficient (Wildman–Crippen LogP) is 4.86. The molecule has 20 heavy (non-hydrogen) atoms. The second-order valence-corrected chi connectivity index (χ2v) is 7.50. The zero-order valence-electron chi connectivity index (χ0n) is 12.7. The van der Waals surface area contributed by atoms with Gasteiger partial charge in [0.25, 0.3) is 0 Å². The van der Waals surface area contributed by atoms with Crippen LogP contribution in [0, 0.1) is 17.3 Å². The standard InChI is InChI=1S/C18H26ClN/c1-13-7-8-18(11-14(13)2)9-10-20-12-16(18)15-5-3-4-6-17(15)19/h3-6,13-14,16,20H,7-12H2,1-2H3. The van der Waals surface area contributed by atoms with Crippen LogP contribution in [0.1, 0.15) is 51.0 Å². The van der Waals surface area contributed by atoms with Crippen LogP contribution in [0.3, 0.4) is 0 Å². The lowest BCUT2D eigenvalue weighted by Gasteiger charge is -2.51. The Morgan fingerprint density at radius 3 is 2.70 bits per heavy atom. The highest BCUT2D eigenvalue weighted by Gasteiger charge is 2.45. The molecule has 1 nitrogen and oxygen atoms in total. The summed E-state index contributed by atoms with van der Waals surface area (Å²) in [6.45, 7) is 7.12. The molecule has 0 amide bonds. The molecular weight excluding hydrogens is 266 g/mol. The van der Waals surface area contributed by atoms with Gasteiger partial charge in [0.05, 0.1) is 0 Å². The molecule has 3 rings (SSSR count). The molecule has 1 aliphatic carbocycles. The third-order valence-electron chi connectivity index (χ3n) is 5.97. The van der Waals surface area contributed by atoms with Crippen molar-refractivity contribution in [1.82, 2.24) is 5.32 Å². The highest BCUT2D eigenvalue weighted by atomic mass is 35.5. The fourth-order valence-corrected chi connectivity index (χ4v) is 4.73. The van der Waals surface area contributed by atoms with E-state index in [-0.39, 0.29) is 0 Å². The Morgan fingerprint density at radius 2 is 1.95 bits per heavy atom. The van der Waals surface area contributed by atoms with Gasteiger partial charge in [0.2, 0.25) is 0 Å². The minimum Gasteiger partial charge on any atom is -0.316 e. The van der Waals surface area contributed by atoms with Crippen LogP contribution in [-0.2, 0) is 0 Å². The van der Waals surface area contributed by atoms with E-state index in [0.29, 0.717) is 11.3 Å². The molecule has 0 radical (unpaired) electrons. The van der Waals surface area contributed by atoms with E-state index in [2.05, 4.69) is 31.3 Å². The lowest BCUT2D eigenvalue weighted by Crippen LogP contribution is -2.47. The van der Waals surface area contributed by atoms with Gasteiger partial charge in [-0.25, -0.2) is 0 Å². The van der Waals surface area contributed by atoms with Crippen molar-refractivity contribution in [2.75, 3.05) is 13.1 Å². The predicted molar refractivity (Wildman–Crippen MR) is 86.3 cm³/mol. The second-order valence-electron chi connectivity index (χ2n) is 7.09. The Bertz CT molecular complexity index is 472. The van der Waals surface area contributed by atoms with Gasteiger partial charge in [-0.15, -0.1) is 0 Å². The fourth-order valence-electron chi connectivity index (χ4n) is 4.46. The van der Waals surface area contributed by atoms with Crippen molar-refractivity contribution in [3.8, 4) is 0 Å². The van der Waals surface area contributed by atoms with Gasteiger partial charge in [0, 0.05) is 17.5 Å². The summed E-state index contributed by atoms with van der Waals surface area (Å²) in [5, 5.41) is 4.55. The molecule has 2 fully saturated rings. The Morgan fingerprint density at radius 1 is 1.15 bits per heavy atom. The molecule has 1 N–H and O–H groups in total. The van der Waals surface area contributed by atoms with Crippen LogP contribution >= 0.6 is 11.6 Å². The molecule has 4 unspecified atom stereocenters. The molecule has 110 valence electrons. The highest BCUT2D eigenvalue weighted by Crippen LogP contribution is 2.54. The van der Waals surface area contributed by atoms with Crippen molar-refractivity contribution in [2.45, 2.75) is 45.4 Å². The van der Waals surface area contributed by atoms with Crippen molar-refractivity contribution in [3.63, 3.8) is 0 Å². The Balaban J connectivity index is 1.94. The molecule has 1 aromatic carbocycles. The number of benzene rings is 1. The highest BCUT2D eigenvalue weighted by molar-refractivity contribution is 6.31. The third-order valence-corrected chi connectivity index (χ3v) is 6.31. The SMILES string of the molecule is CC1CCC2(CCNCC2c2ccccc2Cl)CC1C. The van der Waals surface area contributed by atoms with Crippen LogP contribution < -0.4 is 5.32 Å².